The standard InChI is InChI=1S/C18H21FN2O2/c19-15-7-5-13-11-14(18(23)20-16(13)12-15)6-8-17(22)21-9-3-1-2-4-10-21/h5,7,11-12H,1-4,6,8-10H2,(H,20,23). The van der Waals surface area contributed by atoms with E-state index in [-0.39, 0.29) is 17.3 Å². The van der Waals surface area contributed by atoms with Crippen LogP contribution in [-0.4, -0.2) is 28.9 Å². The first kappa shape index (κ1) is 15.7. The maximum atomic E-state index is 13.2. The van der Waals surface area contributed by atoms with Gasteiger partial charge in [-0.05, 0) is 48.9 Å². The normalized spacial score (nSPS) is 15.6. The van der Waals surface area contributed by atoms with E-state index in [0.29, 0.717) is 23.9 Å². The third-order valence-corrected chi connectivity index (χ3v) is 4.45. The van der Waals surface area contributed by atoms with Crippen LogP contribution in [0.25, 0.3) is 10.9 Å². The number of nitrogens with zero attached hydrogens (tertiary/aromatic N) is 1. The number of halogens is 1. The number of carbonyl (C=O) groups excluding carboxylic acids is 1. The van der Waals surface area contributed by atoms with E-state index in [1.807, 2.05) is 4.90 Å². The first-order valence-electron chi connectivity index (χ1n) is 8.23. The minimum absolute atomic E-state index is 0.116. The summed E-state index contributed by atoms with van der Waals surface area (Å²) in [7, 11) is 0. The van der Waals surface area contributed by atoms with Gasteiger partial charge in [0.2, 0.25) is 5.91 Å². The number of aryl methyl sites for hydroxylation is 1. The van der Waals surface area contributed by atoms with E-state index in [1.165, 1.54) is 25.0 Å². The molecule has 2 aromatic rings. The zero-order chi connectivity index (χ0) is 16.2. The zero-order valence-electron chi connectivity index (χ0n) is 13.1. The Morgan fingerprint density at radius 3 is 2.61 bits per heavy atom. The van der Waals surface area contributed by atoms with Gasteiger partial charge in [0.1, 0.15) is 5.82 Å². The van der Waals surface area contributed by atoms with Crippen molar-refractivity contribution in [3.63, 3.8) is 0 Å². The maximum Gasteiger partial charge on any atom is 0.251 e. The minimum Gasteiger partial charge on any atom is -0.343 e. The Labute approximate surface area is 134 Å². The molecule has 1 N–H and O–H groups in total. The first-order chi connectivity index (χ1) is 11.1. The summed E-state index contributed by atoms with van der Waals surface area (Å²) >= 11 is 0. The molecule has 5 heteroatoms. The van der Waals surface area contributed by atoms with Gasteiger partial charge in [-0.1, -0.05) is 12.8 Å². The lowest BCUT2D eigenvalue weighted by Crippen LogP contribution is -2.32. The molecule has 122 valence electrons. The Bertz CT molecular complexity index is 761. The number of fused-ring (bicyclic) bond motifs is 1. The molecule has 1 aromatic carbocycles. The highest BCUT2D eigenvalue weighted by molar-refractivity contribution is 5.79. The lowest BCUT2D eigenvalue weighted by Gasteiger charge is -2.20. The Hall–Kier alpha value is -2.17. The summed E-state index contributed by atoms with van der Waals surface area (Å²) in [5.74, 6) is -0.261. The van der Waals surface area contributed by atoms with Crippen LogP contribution in [0.15, 0.2) is 29.1 Å². The van der Waals surface area contributed by atoms with Crippen LogP contribution in [-0.2, 0) is 11.2 Å². The van der Waals surface area contributed by atoms with E-state index >= 15 is 0 Å². The smallest absolute Gasteiger partial charge is 0.251 e. The van der Waals surface area contributed by atoms with Gasteiger partial charge in [-0.2, -0.15) is 0 Å². The van der Waals surface area contributed by atoms with Crippen molar-refractivity contribution in [2.24, 2.45) is 0 Å². The van der Waals surface area contributed by atoms with E-state index in [9.17, 15) is 14.0 Å². The molecule has 0 aliphatic carbocycles. The molecule has 3 rings (SSSR count). The van der Waals surface area contributed by atoms with Gasteiger partial charge in [0, 0.05) is 25.1 Å². The number of aromatic amines is 1. The van der Waals surface area contributed by atoms with Gasteiger partial charge in [-0.15, -0.1) is 0 Å². The Morgan fingerprint density at radius 2 is 1.87 bits per heavy atom. The van der Waals surface area contributed by atoms with Crippen LogP contribution >= 0.6 is 0 Å². The fourth-order valence-corrected chi connectivity index (χ4v) is 3.12. The second kappa shape index (κ2) is 6.94. The molecule has 1 saturated heterocycles. The second-order valence-electron chi connectivity index (χ2n) is 6.15. The predicted octanol–water partition coefficient (Wildman–Crippen LogP) is 3.00. The lowest BCUT2D eigenvalue weighted by molar-refractivity contribution is -0.131. The quantitative estimate of drug-likeness (QED) is 0.946. The number of hydrogen-bond donors (Lipinski definition) is 1. The third kappa shape index (κ3) is 3.78. The molecule has 1 aromatic heterocycles. The van der Waals surface area contributed by atoms with Crippen molar-refractivity contribution in [2.75, 3.05) is 13.1 Å². The highest BCUT2D eigenvalue weighted by Gasteiger charge is 2.16. The molecule has 2 heterocycles. The van der Waals surface area contributed by atoms with Crippen LogP contribution in [0.4, 0.5) is 4.39 Å². The largest absolute Gasteiger partial charge is 0.343 e. The van der Waals surface area contributed by atoms with Crippen LogP contribution in [0.5, 0.6) is 0 Å². The summed E-state index contributed by atoms with van der Waals surface area (Å²) in [5, 5.41) is 0.781. The summed E-state index contributed by atoms with van der Waals surface area (Å²) in [6, 6.07) is 6.07. The van der Waals surface area contributed by atoms with Gasteiger partial charge < -0.3 is 9.88 Å². The number of rotatable bonds is 3. The molecule has 23 heavy (non-hydrogen) atoms. The number of aromatic nitrogens is 1. The van der Waals surface area contributed by atoms with Gasteiger partial charge in [-0.25, -0.2) is 4.39 Å². The molecule has 1 fully saturated rings. The summed E-state index contributed by atoms with van der Waals surface area (Å²) in [6.45, 7) is 1.65. The number of carbonyl (C=O) groups is 1. The van der Waals surface area contributed by atoms with Crippen LogP contribution < -0.4 is 5.56 Å². The van der Waals surface area contributed by atoms with Crippen molar-refractivity contribution in [1.82, 2.24) is 9.88 Å². The first-order valence-corrected chi connectivity index (χ1v) is 8.23. The van der Waals surface area contributed by atoms with E-state index < -0.39 is 0 Å². The number of likely N-dealkylation sites (tertiary alicyclic amines) is 1. The molecule has 0 saturated carbocycles. The predicted molar refractivity (Wildman–Crippen MR) is 87.9 cm³/mol. The number of hydrogen-bond acceptors (Lipinski definition) is 2. The molecule has 4 nitrogen and oxygen atoms in total. The molecular weight excluding hydrogens is 295 g/mol. The van der Waals surface area contributed by atoms with Crippen LogP contribution in [0.1, 0.15) is 37.7 Å². The average Bonchev–Trinajstić information content (AvgIpc) is 2.82. The van der Waals surface area contributed by atoms with E-state index in [1.54, 1.807) is 12.1 Å². The molecule has 1 aliphatic rings. The fourth-order valence-electron chi connectivity index (χ4n) is 3.12. The average molecular weight is 316 g/mol. The molecule has 0 atom stereocenters. The van der Waals surface area contributed by atoms with Crippen molar-refractivity contribution in [2.45, 2.75) is 38.5 Å². The Balaban J connectivity index is 1.71. The van der Waals surface area contributed by atoms with Crippen LogP contribution in [0.2, 0.25) is 0 Å². The van der Waals surface area contributed by atoms with Crippen molar-refractivity contribution < 1.29 is 9.18 Å². The fraction of sp³-hybridized carbons (Fsp3) is 0.444. The van der Waals surface area contributed by atoms with Crippen LogP contribution in [0.3, 0.4) is 0 Å². The van der Waals surface area contributed by atoms with Gasteiger partial charge >= 0.3 is 0 Å². The van der Waals surface area contributed by atoms with E-state index in [4.69, 9.17) is 0 Å². The number of amides is 1. The van der Waals surface area contributed by atoms with Crippen LogP contribution in [0, 0.1) is 5.82 Å². The van der Waals surface area contributed by atoms with Gasteiger partial charge in [-0.3, -0.25) is 9.59 Å². The topological polar surface area (TPSA) is 53.2 Å². The SMILES string of the molecule is O=C(CCc1cc2ccc(F)cc2[nH]c1=O)N1CCCCCC1. The Kier molecular flexibility index (Phi) is 4.74. The highest BCUT2D eigenvalue weighted by atomic mass is 19.1. The summed E-state index contributed by atoms with van der Waals surface area (Å²) in [5.41, 5.74) is 0.816. The van der Waals surface area contributed by atoms with Crippen molar-refractivity contribution in [3.05, 3.63) is 46.0 Å². The molecule has 1 aliphatic heterocycles. The summed E-state index contributed by atoms with van der Waals surface area (Å²) in [4.78, 5) is 29.0. The maximum absolute atomic E-state index is 13.2. The number of nitrogens with one attached hydrogen (secondary N) is 1. The molecule has 0 radical (unpaired) electrons. The van der Waals surface area contributed by atoms with Crippen molar-refractivity contribution >= 4 is 16.8 Å². The van der Waals surface area contributed by atoms with E-state index in [0.717, 1.165) is 31.3 Å². The highest BCUT2D eigenvalue weighted by Crippen LogP contribution is 2.15. The molecular formula is C18H21FN2O2. The number of benzene rings is 1. The van der Waals surface area contributed by atoms with E-state index in [2.05, 4.69) is 4.98 Å². The minimum atomic E-state index is -0.378. The van der Waals surface area contributed by atoms with Gasteiger partial charge in [0.15, 0.2) is 0 Å². The molecule has 1 amide bonds. The summed E-state index contributed by atoms with van der Waals surface area (Å²) in [6.07, 6.45) is 5.25. The molecule has 0 bridgehead atoms. The zero-order valence-corrected chi connectivity index (χ0v) is 13.1. The Morgan fingerprint density at radius 1 is 1.13 bits per heavy atom. The lowest BCUT2D eigenvalue weighted by atomic mass is 10.1. The third-order valence-electron chi connectivity index (χ3n) is 4.45. The number of H-pyrrole nitrogens is 1. The number of pyridine rings is 1. The van der Waals surface area contributed by atoms with Gasteiger partial charge in [0.25, 0.3) is 5.56 Å². The van der Waals surface area contributed by atoms with Crippen molar-refractivity contribution in [3.8, 4) is 0 Å². The second-order valence-corrected chi connectivity index (χ2v) is 6.15. The molecule has 0 unspecified atom stereocenters. The monoisotopic (exact) mass is 316 g/mol. The summed E-state index contributed by atoms with van der Waals surface area (Å²) < 4.78 is 13.2. The van der Waals surface area contributed by atoms with Gasteiger partial charge in [0.05, 0.1) is 5.52 Å². The molecule has 0 spiro atoms. The van der Waals surface area contributed by atoms with Crippen molar-refractivity contribution in [1.29, 1.82) is 0 Å².